The van der Waals surface area contributed by atoms with Gasteiger partial charge in [0.15, 0.2) is 0 Å². The minimum Gasteiger partial charge on any atom is -0.496 e. The van der Waals surface area contributed by atoms with Crippen molar-refractivity contribution in [1.29, 1.82) is 0 Å². The fourth-order valence-corrected chi connectivity index (χ4v) is 6.13. The molecule has 0 N–H and O–H groups in total. The molecule has 1 aliphatic carbocycles. The highest BCUT2D eigenvalue weighted by molar-refractivity contribution is 7.89. The van der Waals surface area contributed by atoms with E-state index in [9.17, 15) is 8.42 Å². The summed E-state index contributed by atoms with van der Waals surface area (Å²) in [6.07, 6.45) is 6.71. The van der Waals surface area contributed by atoms with Gasteiger partial charge in [-0.15, -0.1) is 0 Å². The molecule has 8 nitrogen and oxygen atoms in total. The molecule has 0 spiro atoms. The Kier molecular flexibility index (Phi) is 5.35. The zero-order chi connectivity index (χ0) is 21.6. The number of hydrogen-bond acceptors (Lipinski definition) is 7. The van der Waals surface area contributed by atoms with Gasteiger partial charge in [-0.05, 0) is 43.5 Å². The number of fused-ring (bicyclic) bond motifs is 1. The lowest BCUT2D eigenvalue weighted by molar-refractivity contribution is 0.151. The molecule has 1 aromatic carbocycles. The van der Waals surface area contributed by atoms with Crippen LogP contribution in [-0.4, -0.2) is 73.0 Å². The number of sulfonamides is 1. The molecule has 5 rings (SSSR count). The Morgan fingerprint density at radius 3 is 2.61 bits per heavy atom. The molecular weight excluding hydrogens is 416 g/mol. The van der Waals surface area contributed by atoms with Gasteiger partial charge in [-0.3, -0.25) is 9.88 Å². The molecule has 2 atom stereocenters. The number of piperazine rings is 1. The second kappa shape index (κ2) is 8.03. The topological polar surface area (TPSA) is 84.9 Å². The third kappa shape index (κ3) is 4.14. The Morgan fingerprint density at radius 2 is 1.94 bits per heavy atom. The van der Waals surface area contributed by atoms with Crippen LogP contribution < -0.4 is 9.47 Å². The first-order valence-corrected chi connectivity index (χ1v) is 12.3. The second-order valence-corrected chi connectivity index (χ2v) is 10.6. The van der Waals surface area contributed by atoms with Gasteiger partial charge in [0.05, 0.1) is 30.1 Å². The van der Waals surface area contributed by atoms with Crippen molar-refractivity contribution in [2.24, 2.45) is 0 Å². The number of nitrogens with zero attached hydrogens (tertiary/aromatic N) is 4. The van der Waals surface area contributed by atoms with E-state index in [0.29, 0.717) is 42.1 Å². The van der Waals surface area contributed by atoms with Crippen molar-refractivity contribution >= 4 is 10.0 Å². The van der Waals surface area contributed by atoms with Gasteiger partial charge >= 0.3 is 0 Å². The lowest BCUT2D eigenvalue weighted by atomic mass is 10.2. The molecule has 0 unspecified atom stereocenters. The van der Waals surface area contributed by atoms with Crippen LogP contribution in [0.25, 0.3) is 0 Å². The van der Waals surface area contributed by atoms with E-state index in [1.807, 2.05) is 13.1 Å². The first kappa shape index (κ1) is 20.7. The molecule has 3 fully saturated rings. The van der Waals surface area contributed by atoms with Crippen molar-refractivity contribution in [3.8, 4) is 11.6 Å². The highest BCUT2D eigenvalue weighted by Crippen LogP contribution is 2.38. The fourth-order valence-electron chi connectivity index (χ4n) is 4.58. The van der Waals surface area contributed by atoms with Gasteiger partial charge in [0.1, 0.15) is 11.9 Å². The van der Waals surface area contributed by atoms with E-state index >= 15 is 0 Å². The van der Waals surface area contributed by atoms with E-state index in [4.69, 9.17) is 9.47 Å². The standard InChI is InChI=1S/C22H28N4O4S/c1-15-9-19(5-6-21(15)29-2)31(27,28)26-8-7-25-14-18(10-17(25)13-26)30-22-12-23-20(11-24-22)16-3-4-16/h5-6,9,11-12,16-18H,3-4,7-8,10,13-14H2,1-2H3/t17-,18-/m0/s1. The number of methoxy groups -OCH3 is 1. The van der Waals surface area contributed by atoms with Crippen LogP contribution in [0, 0.1) is 6.92 Å². The number of aromatic nitrogens is 2. The molecule has 31 heavy (non-hydrogen) atoms. The van der Waals surface area contributed by atoms with E-state index < -0.39 is 10.0 Å². The van der Waals surface area contributed by atoms with Crippen LogP contribution >= 0.6 is 0 Å². The van der Waals surface area contributed by atoms with Crippen LogP contribution in [0.5, 0.6) is 11.6 Å². The summed E-state index contributed by atoms with van der Waals surface area (Å²) in [5.41, 5.74) is 1.86. The average molecular weight is 445 g/mol. The van der Waals surface area contributed by atoms with Gasteiger partial charge < -0.3 is 9.47 Å². The zero-order valence-corrected chi connectivity index (χ0v) is 18.7. The number of rotatable bonds is 6. The predicted molar refractivity (Wildman–Crippen MR) is 115 cm³/mol. The van der Waals surface area contributed by atoms with Gasteiger partial charge in [-0.25, -0.2) is 13.4 Å². The smallest absolute Gasteiger partial charge is 0.243 e. The Labute approximate surface area is 183 Å². The van der Waals surface area contributed by atoms with Gasteiger partial charge in [0.25, 0.3) is 0 Å². The highest BCUT2D eigenvalue weighted by Gasteiger charge is 2.41. The summed E-state index contributed by atoms with van der Waals surface area (Å²) in [6.45, 7) is 4.29. The first-order chi connectivity index (χ1) is 14.9. The van der Waals surface area contributed by atoms with Gasteiger partial charge in [-0.2, -0.15) is 4.31 Å². The summed E-state index contributed by atoms with van der Waals surface area (Å²) in [5, 5.41) is 0. The molecule has 3 aliphatic rings. The van der Waals surface area contributed by atoms with Gasteiger partial charge in [-0.1, -0.05) is 0 Å². The van der Waals surface area contributed by atoms with E-state index in [2.05, 4.69) is 14.9 Å². The molecular formula is C22H28N4O4S. The summed E-state index contributed by atoms with van der Waals surface area (Å²) in [4.78, 5) is 11.5. The van der Waals surface area contributed by atoms with Crippen molar-refractivity contribution in [3.05, 3.63) is 41.9 Å². The van der Waals surface area contributed by atoms with Gasteiger partial charge in [0.2, 0.25) is 15.9 Å². The number of hydrogen-bond donors (Lipinski definition) is 0. The molecule has 1 aromatic heterocycles. The molecule has 2 aliphatic heterocycles. The van der Waals surface area contributed by atoms with Crippen LogP contribution in [0.1, 0.15) is 36.4 Å². The van der Waals surface area contributed by atoms with E-state index in [0.717, 1.165) is 24.2 Å². The zero-order valence-electron chi connectivity index (χ0n) is 17.9. The summed E-state index contributed by atoms with van der Waals surface area (Å²) in [7, 11) is -1.96. The molecule has 166 valence electrons. The Bertz CT molecular complexity index is 1060. The highest BCUT2D eigenvalue weighted by atomic mass is 32.2. The van der Waals surface area contributed by atoms with Gasteiger partial charge in [0, 0.05) is 44.6 Å². The number of benzene rings is 1. The average Bonchev–Trinajstić information content (AvgIpc) is 3.53. The van der Waals surface area contributed by atoms with Crippen LogP contribution in [-0.2, 0) is 10.0 Å². The summed E-state index contributed by atoms with van der Waals surface area (Å²) in [5.74, 6) is 1.81. The molecule has 0 amide bonds. The minimum atomic E-state index is -3.54. The molecule has 2 aromatic rings. The quantitative estimate of drug-likeness (QED) is 0.675. The third-order valence-corrected chi connectivity index (χ3v) is 8.34. The van der Waals surface area contributed by atoms with Crippen molar-refractivity contribution in [2.45, 2.75) is 49.1 Å². The second-order valence-electron chi connectivity index (χ2n) is 8.67. The van der Waals surface area contributed by atoms with Crippen LogP contribution in [0.3, 0.4) is 0 Å². The number of aryl methyl sites for hydroxylation is 1. The molecule has 2 saturated heterocycles. The van der Waals surface area contributed by atoms with Crippen molar-refractivity contribution in [3.63, 3.8) is 0 Å². The molecule has 9 heteroatoms. The maximum absolute atomic E-state index is 13.2. The summed E-state index contributed by atoms with van der Waals surface area (Å²) >= 11 is 0. The monoisotopic (exact) mass is 444 g/mol. The molecule has 0 radical (unpaired) electrons. The third-order valence-electron chi connectivity index (χ3n) is 6.48. The lowest BCUT2D eigenvalue weighted by Gasteiger charge is -2.36. The van der Waals surface area contributed by atoms with Crippen molar-refractivity contribution < 1.29 is 17.9 Å². The molecule has 0 bridgehead atoms. The fraction of sp³-hybridized carbons (Fsp3) is 0.545. The first-order valence-electron chi connectivity index (χ1n) is 10.8. The summed E-state index contributed by atoms with van der Waals surface area (Å²) < 4.78 is 39.3. The normalized spacial score (nSPS) is 24.7. The Balaban J connectivity index is 1.23. The maximum Gasteiger partial charge on any atom is 0.243 e. The Hall–Kier alpha value is -2.23. The SMILES string of the molecule is COc1ccc(S(=O)(=O)N2CCN3C[C@@H](Oc4cnc(C5CC5)cn4)C[C@H]3C2)cc1C. The van der Waals surface area contributed by atoms with Crippen molar-refractivity contribution in [1.82, 2.24) is 19.2 Å². The predicted octanol–water partition coefficient (Wildman–Crippen LogP) is 2.20. The summed E-state index contributed by atoms with van der Waals surface area (Å²) in [6, 6.07) is 5.17. The largest absolute Gasteiger partial charge is 0.496 e. The number of ether oxygens (including phenoxy) is 2. The van der Waals surface area contributed by atoms with E-state index in [-0.39, 0.29) is 12.1 Å². The lowest BCUT2D eigenvalue weighted by Crippen LogP contribution is -2.51. The minimum absolute atomic E-state index is 0.00281. The molecule has 1 saturated carbocycles. The Morgan fingerprint density at radius 1 is 1.10 bits per heavy atom. The maximum atomic E-state index is 13.2. The van der Waals surface area contributed by atoms with Crippen LogP contribution in [0.4, 0.5) is 0 Å². The molecule has 3 heterocycles. The van der Waals surface area contributed by atoms with Crippen LogP contribution in [0.2, 0.25) is 0 Å². The van der Waals surface area contributed by atoms with E-state index in [1.165, 1.54) is 12.8 Å². The van der Waals surface area contributed by atoms with Crippen molar-refractivity contribution in [2.75, 3.05) is 33.3 Å². The van der Waals surface area contributed by atoms with Crippen LogP contribution in [0.15, 0.2) is 35.5 Å². The van der Waals surface area contributed by atoms with E-state index in [1.54, 1.807) is 35.8 Å².